The molecule has 0 radical (unpaired) electrons. The zero-order valence-corrected chi connectivity index (χ0v) is 10.8. The van der Waals surface area contributed by atoms with E-state index in [9.17, 15) is 19.2 Å². The third-order valence-electron chi connectivity index (χ3n) is 2.07. The summed E-state index contributed by atoms with van der Waals surface area (Å²) >= 11 is 0. The highest BCUT2D eigenvalue weighted by Crippen LogP contribution is 2.17. The van der Waals surface area contributed by atoms with Crippen LogP contribution in [-0.2, 0) is 28.7 Å². The van der Waals surface area contributed by atoms with Gasteiger partial charge in [0.15, 0.2) is 5.78 Å². The van der Waals surface area contributed by atoms with Gasteiger partial charge in [-0.05, 0) is 13.8 Å². The van der Waals surface area contributed by atoms with Crippen LogP contribution in [0, 0.1) is 5.41 Å². The largest absolute Gasteiger partial charge is 0.466 e. The maximum absolute atomic E-state index is 11.5. The van der Waals surface area contributed by atoms with Crippen LogP contribution in [-0.4, -0.2) is 37.2 Å². The Labute approximate surface area is 105 Å². The van der Waals surface area contributed by atoms with Gasteiger partial charge in [-0.3, -0.25) is 9.59 Å². The second-order valence-electron chi connectivity index (χ2n) is 4.23. The number of rotatable bonds is 6. The zero-order chi connectivity index (χ0) is 14.3. The number of methoxy groups -OCH3 is 1. The summed E-state index contributed by atoms with van der Waals surface area (Å²) < 4.78 is 9.05. The Bertz CT molecular complexity index is 391. The van der Waals surface area contributed by atoms with Gasteiger partial charge in [-0.1, -0.05) is 0 Å². The summed E-state index contributed by atoms with van der Waals surface area (Å²) in [6, 6.07) is 0. The van der Waals surface area contributed by atoms with E-state index in [1.54, 1.807) is 0 Å². The predicted octanol–water partition coefficient (Wildman–Crippen LogP) is 0.443. The number of hydrogen-bond acceptors (Lipinski definition) is 6. The van der Waals surface area contributed by atoms with E-state index in [1.807, 2.05) is 0 Å². The molecule has 0 aromatic rings. The summed E-state index contributed by atoms with van der Waals surface area (Å²) in [4.78, 5) is 44.3. The SMILES string of the molecule is COC(=O)/C=C/C(=O)OCC(C)(C)C(=O)C(C)=O. The van der Waals surface area contributed by atoms with Crippen molar-refractivity contribution in [3.8, 4) is 0 Å². The molecule has 0 rings (SSSR count). The molecular weight excluding hydrogens is 240 g/mol. The van der Waals surface area contributed by atoms with Crippen molar-refractivity contribution in [3.63, 3.8) is 0 Å². The molecule has 0 fully saturated rings. The van der Waals surface area contributed by atoms with Gasteiger partial charge in [0.1, 0.15) is 6.61 Å². The zero-order valence-electron chi connectivity index (χ0n) is 10.8. The van der Waals surface area contributed by atoms with E-state index in [0.29, 0.717) is 0 Å². The molecule has 18 heavy (non-hydrogen) atoms. The summed E-state index contributed by atoms with van der Waals surface area (Å²) in [5.41, 5.74) is -1.08. The van der Waals surface area contributed by atoms with Crippen LogP contribution >= 0.6 is 0 Å². The second-order valence-corrected chi connectivity index (χ2v) is 4.23. The molecule has 0 amide bonds. The first-order valence-electron chi connectivity index (χ1n) is 5.19. The second kappa shape index (κ2) is 6.68. The molecule has 6 nitrogen and oxygen atoms in total. The van der Waals surface area contributed by atoms with Crippen molar-refractivity contribution in [2.75, 3.05) is 13.7 Å². The van der Waals surface area contributed by atoms with Crippen LogP contribution in [0.5, 0.6) is 0 Å². The van der Waals surface area contributed by atoms with Gasteiger partial charge in [0.2, 0.25) is 5.78 Å². The van der Waals surface area contributed by atoms with Gasteiger partial charge in [0.05, 0.1) is 12.5 Å². The average molecular weight is 256 g/mol. The minimum absolute atomic E-state index is 0.240. The van der Waals surface area contributed by atoms with Crippen LogP contribution in [0.3, 0.4) is 0 Å². The highest BCUT2D eigenvalue weighted by molar-refractivity contribution is 6.38. The number of esters is 2. The highest BCUT2D eigenvalue weighted by Gasteiger charge is 2.32. The first-order valence-corrected chi connectivity index (χ1v) is 5.19. The van der Waals surface area contributed by atoms with Crippen molar-refractivity contribution >= 4 is 23.5 Å². The van der Waals surface area contributed by atoms with Crippen LogP contribution in [0.2, 0.25) is 0 Å². The fourth-order valence-corrected chi connectivity index (χ4v) is 1.05. The van der Waals surface area contributed by atoms with Gasteiger partial charge in [-0.2, -0.15) is 0 Å². The first-order chi connectivity index (χ1) is 8.20. The molecule has 0 spiro atoms. The lowest BCUT2D eigenvalue weighted by Crippen LogP contribution is -2.34. The summed E-state index contributed by atoms with van der Waals surface area (Å²) in [5.74, 6) is -2.69. The van der Waals surface area contributed by atoms with Crippen LogP contribution in [0.1, 0.15) is 20.8 Å². The Hall–Kier alpha value is -1.98. The highest BCUT2D eigenvalue weighted by atomic mass is 16.5. The van der Waals surface area contributed by atoms with E-state index in [4.69, 9.17) is 4.74 Å². The molecule has 0 aliphatic heterocycles. The molecule has 0 unspecified atom stereocenters. The van der Waals surface area contributed by atoms with Crippen LogP contribution in [0.15, 0.2) is 12.2 Å². The van der Waals surface area contributed by atoms with E-state index in [-0.39, 0.29) is 6.61 Å². The number of hydrogen-bond donors (Lipinski definition) is 0. The van der Waals surface area contributed by atoms with Crippen molar-refractivity contribution in [2.24, 2.45) is 5.41 Å². The molecule has 0 bridgehead atoms. The molecule has 0 aliphatic rings. The van der Waals surface area contributed by atoms with Crippen LogP contribution in [0.4, 0.5) is 0 Å². The van der Waals surface area contributed by atoms with Crippen molar-refractivity contribution < 1.29 is 28.7 Å². The summed E-state index contributed by atoms with van der Waals surface area (Å²) in [6.07, 6.45) is 1.79. The lowest BCUT2D eigenvalue weighted by molar-refractivity contribution is -0.148. The Kier molecular flexibility index (Phi) is 5.95. The monoisotopic (exact) mass is 256 g/mol. The van der Waals surface area contributed by atoms with E-state index in [2.05, 4.69) is 4.74 Å². The molecule has 0 aromatic carbocycles. The van der Waals surface area contributed by atoms with Crippen molar-refractivity contribution in [1.29, 1.82) is 0 Å². The van der Waals surface area contributed by atoms with Crippen molar-refractivity contribution in [3.05, 3.63) is 12.2 Å². The van der Waals surface area contributed by atoms with Crippen molar-refractivity contribution in [2.45, 2.75) is 20.8 Å². The Morgan fingerprint density at radius 2 is 1.56 bits per heavy atom. The molecule has 100 valence electrons. The summed E-state index contributed by atoms with van der Waals surface area (Å²) in [6.45, 7) is 3.90. The Morgan fingerprint density at radius 3 is 2.00 bits per heavy atom. The standard InChI is InChI=1S/C12H16O6/c1-8(13)11(16)12(2,3)7-18-10(15)6-5-9(14)17-4/h5-6H,7H2,1-4H3/b6-5+. The Balaban J connectivity index is 4.37. The van der Waals surface area contributed by atoms with E-state index in [1.165, 1.54) is 21.0 Å². The number of carbonyl (C=O) groups is 4. The van der Waals surface area contributed by atoms with E-state index in [0.717, 1.165) is 19.1 Å². The van der Waals surface area contributed by atoms with Gasteiger partial charge >= 0.3 is 11.9 Å². The lowest BCUT2D eigenvalue weighted by atomic mass is 9.87. The van der Waals surface area contributed by atoms with Gasteiger partial charge < -0.3 is 9.47 Å². The smallest absolute Gasteiger partial charge is 0.331 e. The van der Waals surface area contributed by atoms with Crippen LogP contribution < -0.4 is 0 Å². The number of ketones is 2. The third-order valence-corrected chi connectivity index (χ3v) is 2.07. The predicted molar refractivity (Wildman–Crippen MR) is 61.6 cm³/mol. The maximum Gasteiger partial charge on any atom is 0.331 e. The van der Waals surface area contributed by atoms with E-state index >= 15 is 0 Å². The van der Waals surface area contributed by atoms with Gasteiger partial charge in [0.25, 0.3) is 0 Å². The maximum atomic E-state index is 11.5. The molecular formula is C12H16O6. The third kappa shape index (κ3) is 5.38. The van der Waals surface area contributed by atoms with Gasteiger partial charge in [-0.15, -0.1) is 0 Å². The van der Waals surface area contributed by atoms with Gasteiger partial charge in [0, 0.05) is 19.1 Å². The summed E-state index contributed by atoms with van der Waals surface area (Å²) in [7, 11) is 1.17. The molecule has 0 saturated heterocycles. The molecule has 0 heterocycles. The Morgan fingerprint density at radius 1 is 1.06 bits per heavy atom. The average Bonchev–Trinajstić information content (AvgIpc) is 2.32. The van der Waals surface area contributed by atoms with Crippen molar-refractivity contribution in [1.82, 2.24) is 0 Å². The number of carbonyl (C=O) groups excluding carboxylic acids is 4. The van der Waals surface area contributed by atoms with Crippen LogP contribution in [0.25, 0.3) is 0 Å². The molecule has 0 atom stereocenters. The molecule has 6 heteroatoms. The normalized spacial score (nSPS) is 11.1. The fraction of sp³-hybridized carbons (Fsp3) is 0.500. The lowest BCUT2D eigenvalue weighted by Gasteiger charge is -2.20. The number of Topliss-reactive ketones (excluding diaryl/α,β-unsaturated/α-hetero) is 2. The topological polar surface area (TPSA) is 86.7 Å². The quantitative estimate of drug-likeness (QED) is 0.389. The number of ether oxygens (including phenoxy) is 2. The molecule has 0 aromatic heterocycles. The summed E-state index contributed by atoms with van der Waals surface area (Å²) in [5, 5.41) is 0. The molecule has 0 aliphatic carbocycles. The fourth-order valence-electron chi connectivity index (χ4n) is 1.05. The minimum atomic E-state index is -1.08. The van der Waals surface area contributed by atoms with E-state index < -0.39 is 28.9 Å². The van der Waals surface area contributed by atoms with Gasteiger partial charge in [-0.25, -0.2) is 9.59 Å². The molecule has 0 saturated carbocycles. The minimum Gasteiger partial charge on any atom is -0.466 e. The molecule has 0 N–H and O–H groups in total. The first kappa shape index (κ1) is 16.0.